The highest BCUT2D eigenvalue weighted by atomic mass is 35.5. The van der Waals surface area contributed by atoms with Crippen LogP contribution >= 0.6 is 23.2 Å². The first-order valence-electron chi connectivity index (χ1n) is 6.64. The molecule has 5 heteroatoms. The topological polar surface area (TPSA) is 41.5 Å². The molecule has 0 saturated heterocycles. The molecule has 0 heterocycles. The van der Waals surface area contributed by atoms with Crippen LogP contribution in [0.4, 0.5) is 5.69 Å². The van der Waals surface area contributed by atoms with Crippen LogP contribution in [0.2, 0.25) is 10.0 Å². The van der Waals surface area contributed by atoms with Crippen LogP contribution < -0.4 is 5.32 Å². The molecule has 0 saturated carbocycles. The summed E-state index contributed by atoms with van der Waals surface area (Å²) in [5.74, 6) is 0. The van der Waals surface area contributed by atoms with E-state index < -0.39 is 6.10 Å². The second-order valence-corrected chi connectivity index (χ2v) is 5.50. The molecule has 0 aliphatic heterocycles. The first kappa shape index (κ1) is 16.1. The van der Waals surface area contributed by atoms with Crippen LogP contribution in [0.15, 0.2) is 48.5 Å². The number of hydrogen-bond donors (Lipinski definition) is 2. The van der Waals surface area contributed by atoms with Gasteiger partial charge in [-0.1, -0.05) is 53.5 Å². The van der Waals surface area contributed by atoms with E-state index in [1.165, 1.54) is 0 Å². The fraction of sp³-hybridized carbons (Fsp3) is 0.250. The summed E-state index contributed by atoms with van der Waals surface area (Å²) in [6.07, 6.45) is -0.611. The first-order valence-corrected chi connectivity index (χ1v) is 7.39. The lowest BCUT2D eigenvalue weighted by molar-refractivity contribution is 0.0348. The molecule has 1 unspecified atom stereocenters. The smallest absolute Gasteiger partial charge is 0.0945 e. The van der Waals surface area contributed by atoms with Gasteiger partial charge >= 0.3 is 0 Å². The van der Waals surface area contributed by atoms with Crippen molar-refractivity contribution in [1.82, 2.24) is 0 Å². The van der Waals surface area contributed by atoms with Crippen molar-refractivity contribution in [2.45, 2.75) is 12.7 Å². The van der Waals surface area contributed by atoms with Gasteiger partial charge in [0.2, 0.25) is 0 Å². The van der Waals surface area contributed by atoms with Crippen molar-refractivity contribution in [1.29, 1.82) is 0 Å². The van der Waals surface area contributed by atoms with Gasteiger partial charge in [0.1, 0.15) is 0 Å². The number of nitrogens with one attached hydrogen (secondary N) is 1. The Bertz CT molecular complexity index is 563. The van der Waals surface area contributed by atoms with Crippen molar-refractivity contribution in [2.24, 2.45) is 0 Å². The number of anilines is 1. The van der Waals surface area contributed by atoms with Gasteiger partial charge in [0.15, 0.2) is 0 Å². The molecule has 3 nitrogen and oxygen atoms in total. The third kappa shape index (κ3) is 5.56. The van der Waals surface area contributed by atoms with Crippen molar-refractivity contribution in [3.05, 3.63) is 64.1 Å². The Kier molecular flexibility index (Phi) is 6.33. The highest BCUT2D eigenvalue weighted by Gasteiger charge is 2.06. The average molecular weight is 326 g/mol. The van der Waals surface area contributed by atoms with E-state index in [1.54, 1.807) is 18.2 Å². The van der Waals surface area contributed by atoms with Crippen LogP contribution in [0.5, 0.6) is 0 Å². The SMILES string of the molecule is OC(CNc1ccc(Cl)cc1Cl)COCc1ccccc1. The highest BCUT2D eigenvalue weighted by Crippen LogP contribution is 2.25. The predicted octanol–water partition coefficient (Wildman–Crippen LogP) is 3.98. The predicted molar refractivity (Wildman–Crippen MR) is 87.1 cm³/mol. The van der Waals surface area contributed by atoms with Crippen LogP contribution in [0.25, 0.3) is 0 Å². The van der Waals surface area contributed by atoms with Gasteiger partial charge < -0.3 is 15.2 Å². The van der Waals surface area contributed by atoms with Crippen molar-refractivity contribution in [3.63, 3.8) is 0 Å². The molecule has 1 atom stereocenters. The monoisotopic (exact) mass is 325 g/mol. The van der Waals surface area contributed by atoms with E-state index in [1.807, 2.05) is 30.3 Å². The van der Waals surface area contributed by atoms with E-state index in [0.717, 1.165) is 11.3 Å². The van der Waals surface area contributed by atoms with Gasteiger partial charge in [0, 0.05) is 11.6 Å². The van der Waals surface area contributed by atoms with E-state index in [2.05, 4.69) is 5.32 Å². The van der Waals surface area contributed by atoms with E-state index >= 15 is 0 Å². The van der Waals surface area contributed by atoms with Crippen LogP contribution in [-0.2, 0) is 11.3 Å². The fourth-order valence-electron chi connectivity index (χ4n) is 1.81. The molecule has 0 spiro atoms. The van der Waals surface area contributed by atoms with E-state index in [0.29, 0.717) is 23.2 Å². The Morgan fingerprint density at radius 2 is 1.86 bits per heavy atom. The van der Waals surface area contributed by atoms with E-state index in [9.17, 15) is 5.11 Å². The number of benzene rings is 2. The molecule has 0 aliphatic rings. The molecule has 0 aromatic heterocycles. The van der Waals surface area contributed by atoms with Gasteiger partial charge in [-0.2, -0.15) is 0 Å². The third-order valence-electron chi connectivity index (χ3n) is 2.88. The molecule has 0 aliphatic carbocycles. The van der Waals surface area contributed by atoms with Gasteiger partial charge in [0.25, 0.3) is 0 Å². The molecule has 2 N–H and O–H groups in total. The van der Waals surface area contributed by atoms with E-state index in [4.69, 9.17) is 27.9 Å². The average Bonchev–Trinajstić information content (AvgIpc) is 2.47. The standard InChI is InChI=1S/C16H17Cl2NO2/c17-13-6-7-16(15(18)8-13)19-9-14(20)11-21-10-12-4-2-1-3-5-12/h1-8,14,19-20H,9-11H2. The minimum Gasteiger partial charge on any atom is -0.389 e. The summed E-state index contributed by atoms with van der Waals surface area (Å²) in [6.45, 7) is 1.10. The lowest BCUT2D eigenvalue weighted by Gasteiger charge is -2.14. The maximum Gasteiger partial charge on any atom is 0.0945 e. The molecule has 2 aromatic carbocycles. The molecule has 2 rings (SSSR count). The number of aliphatic hydroxyl groups is 1. The zero-order chi connectivity index (χ0) is 15.1. The second-order valence-electron chi connectivity index (χ2n) is 4.66. The van der Waals surface area contributed by atoms with Gasteiger partial charge in [0.05, 0.1) is 30.0 Å². The summed E-state index contributed by atoms with van der Waals surface area (Å²) in [7, 11) is 0. The summed E-state index contributed by atoms with van der Waals surface area (Å²) in [4.78, 5) is 0. The van der Waals surface area contributed by atoms with Gasteiger partial charge in [-0.25, -0.2) is 0 Å². The molecule has 2 aromatic rings. The number of aliphatic hydroxyl groups excluding tert-OH is 1. The van der Waals surface area contributed by atoms with Gasteiger partial charge in [-0.3, -0.25) is 0 Å². The van der Waals surface area contributed by atoms with Crippen LogP contribution in [0.3, 0.4) is 0 Å². The number of ether oxygens (including phenoxy) is 1. The summed E-state index contributed by atoms with van der Waals surface area (Å²) in [6, 6.07) is 15.0. The molecular formula is C16H17Cl2NO2. The van der Waals surface area contributed by atoms with Crippen LogP contribution in [0, 0.1) is 0 Å². The summed E-state index contributed by atoms with van der Waals surface area (Å²) >= 11 is 11.9. The quantitative estimate of drug-likeness (QED) is 0.808. The Hall–Kier alpha value is -1.26. The summed E-state index contributed by atoms with van der Waals surface area (Å²) in [5, 5.41) is 14.1. The van der Waals surface area contributed by atoms with Crippen molar-refractivity contribution in [3.8, 4) is 0 Å². The Labute approximate surface area is 134 Å². The zero-order valence-electron chi connectivity index (χ0n) is 11.4. The maximum absolute atomic E-state index is 9.88. The molecule has 0 bridgehead atoms. The van der Waals surface area contributed by atoms with E-state index in [-0.39, 0.29) is 6.61 Å². The lowest BCUT2D eigenvalue weighted by atomic mass is 10.2. The molecule has 21 heavy (non-hydrogen) atoms. The van der Waals surface area contributed by atoms with Gasteiger partial charge in [-0.05, 0) is 23.8 Å². The fourth-order valence-corrected chi connectivity index (χ4v) is 2.28. The minimum atomic E-state index is -0.611. The normalized spacial score (nSPS) is 12.1. The first-order chi connectivity index (χ1) is 10.1. The minimum absolute atomic E-state index is 0.257. The largest absolute Gasteiger partial charge is 0.389 e. The molecular weight excluding hydrogens is 309 g/mol. The van der Waals surface area contributed by atoms with Crippen molar-refractivity contribution >= 4 is 28.9 Å². The Morgan fingerprint density at radius 3 is 2.57 bits per heavy atom. The number of hydrogen-bond acceptors (Lipinski definition) is 3. The number of halogens is 2. The summed E-state index contributed by atoms with van der Waals surface area (Å²) < 4.78 is 5.48. The molecule has 0 radical (unpaired) electrons. The maximum atomic E-state index is 9.88. The Balaban J connectivity index is 1.71. The number of rotatable bonds is 7. The van der Waals surface area contributed by atoms with Gasteiger partial charge in [-0.15, -0.1) is 0 Å². The molecule has 112 valence electrons. The zero-order valence-corrected chi connectivity index (χ0v) is 12.9. The van der Waals surface area contributed by atoms with Crippen LogP contribution in [0.1, 0.15) is 5.56 Å². The third-order valence-corrected chi connectivity index (χ3v) is 3.43. The highest BCUT2D eigenvalue weighted by molar-refractivity contribution is 6.36. The Morgan fingerprint density at radius 1 is 1.10 bits per heavy atom. The van der Waals surface area contributed by atoms with Crippen molar-refractivity contribution in [2.75, 3.05) is 18.5 Å². The van der Waals surface area contributed by atoms with Crippen molar-refractivity contribution < 1.29 is 9.84 Å². The molecule has 0 fully saturated rings. The van der Waals surface area contributed by atoms with Crippen LogP contribution in [-0.4, -0.2) is 24.4 Å². The molecule has 0 amide bonds. The summed E-state index contributed by atoms with van der Waals surface area (Å²) in [5.41, 5.74) is 1.82. The second kappa shape index (κ2) is 8.25. The lowest BCUT2D eigenvalue weighted by Crippen LogP contribution is -2.24.